The molecule has 1 aromatic heterocycles. The number of imidazole rings is 1. The van der Waals surface area contributed by atoms with E-state index in [4.69, 9.17) is 14.6 Å². The van der Waals surface area contributed by atoms with Gasteiger partial charge in [0, 0.05) is 97.8 Å². The second-order valence-corrected chi connectivity index (χ2v) is 17.6. The summed E-state index contributed by atoms with van der Waals surface area (Å²) in [5.41, 5.74) is 5.01. The number of fused-ring (bicyclic) bond motifs is 4. The number of nitrogens with zero attached hydrogens (tertiary/aromatic N) is 5. The van der Waals surface area contributed by atoms with Crippen molar-refractivity contribution in [1.82, 2.24) is 19.2 Å². The molecule has 0 spiro atoms. The lowest BCUT2D eigenvalue weighted by Crippen LogP contribution is -2.49. The molecule has 5 heterocycles. The third kappa shape index (κ3) is 7.56. The van der Waals surface area contributed by atoms with Crippen LogP contribution in [0, 0.1) is 0 Å². The zero-order valence-corrected chi connectivity index (χ0v) is 34.6. The zero-order chi connectivity index (χ0) is 41.0. The van der Waals surface area contributed by atoms with Crippen molar-refractivity contribution in [2.45, 2.75) is 111 Å². The van der Waals surface area contributed by atoms with Gasteiger partial charge in [-0.2, -0.15) is 0 Å². The van der Waals surface area contributed by atoms with E-state index < -0.39 is 39.2 Å². The van der Waals surface area contributed by atoms with Crippen LogP contribution < -0.4 is 24.8 Å². The first-order valence-corrected chi connectivity index (χ1v) is 21.5. The Morgan fingerprint density at radius 1 is 0.930 bits per heavy atom. The summed E-state index contributed by atoms with van der Waals surface area (Å²) < 4.78 is 48.2. The molecular formula is C43H51N5O8S. The summed E-state index contributed by atoms with van der Waals surface area (Å²) in [6.07, 6.45) is 10.8. The molecule has 4 aliphatic heterocycles. The smallest absolute Gasteiger partial charge is 0.333 e. The van der Waals surface area contributed by atoms with Crippen molar-refractivity contribution in [3.05, 3.63) is 81.9 Å². The molecule has 0 unspecified atom stereocenters. The maximum Gasteiger partial charge on any atom is 0.333 e. The Morgan fingerprint density at radius 2 is 1.67 bits per heavy atom. The topological polar surface area (TPSA) is 154 Å². The number of benzene rings is 2. The van der Waals surface area contributed by atoms with Gasteiger partial charge in [-0.25, -0.2) is 22.8 Å². The molecule has 0 saturated carbocycles. The Balaban J connectivity index is 1.33. The van der Waals surface area contributed by atoms with Gasteiger partial charge in [0.15, 0.2) is 5.54 Å². The normalized spacial score (nSPS) is 18.0. The minimum absolute atomic E-state index is 0.0471. The summed E-state index contributed by atoms with van der Waals surface area (Å²) in [5, 5.41) is 2.51. The number of carbonyl (C=O) groups excluding carboxylic acids is 3. The zero-order valence-electron chi connectivity index (χ0n) is 33.8. The molecule has 7 rings (SSSR count). The van der Waals surface area contributed by atoms with Gasteiger partial charge < -0.3 is 23.6 Å². The fourth-order valence-electron chi connectivity index (χ4n) is 8.96. The summed E-state index contributed by atoms with van der Waals surface area (Å²) in [6, 6.07) is 8.25. The highest BCUT2D eigenvalue weighted by Gasteiger charge is 2.38. The average molecular weight is 798 g/mol. The number of carbonyl (C=O) groups is 3. The van der Waals surface area contributed by atoms with Crippen LogP contribution in [-0.2, 0) is 35.9 Å². The molecule has 1 fully saturated rings. The van der Waals surface area contributed by atoms with Crippen LogP contribution in [0.25, 0.3) is 16.7 Å². The van der Waals surface area contributed by atoms with Crippen LogP contribution in [0.2, 0.25) is 0 Å². The number of anilines is 1. The third-order valence-electron chi connectivity index (χ3n) is 11.4. The van der Waals surface area contributed by atoms with Crippen LogP contribution in [0.3, 0.4) is 0 Å². The molecule has 3 aromatic rings. The van der Waals surface area contributed by atoms with E-state index in [1.807, 2.05) is 45.2 Å². The molecule has 0 bridgehead atoms. The average Bonchev–Trinajstić information content (AvgIpc) is 3.72. The fraction of sp³-hybridized carbons (Fsp3) is 0.465. The number of hydrogen-bond donors (Lipinski definition) is 0. The molecule has 0 radical (unpaired) electrons. The van der Waals surface area contributed by atoms with Crippen molar-refractivity contribution < 1.29 is 36.9 Å². The molecule has 2 aromatic carbocycles. The van der Waals surface area contributed by atoms with Crippen LogP contribution in [-0.4, -0.2) is 75.3 Å². The van der Waals surface area contributed by atoms with Crippen molar-refractivity contribution in [3.63, 3.8) is 0 Å². The van der Waals surface area contributed by atoms with Crippen molar-refractivity contribution in [2.75, 3.05) is 23.7 Å². The first-order valence-electron chi connectivity index (χ1n) is 19.9. The molecule has 14 heteroatoms. The number of allylic oxidation sites excluding steroid dienone is 1. The Hall–Kier alpha value is -5.08. The monoisotopic (exact) mass is 797 g/mol. The van der Waals surface area contributed by atoms with E-state index in [1.54, 1.807) is 6.20 Å². The lowest BCUT2D eigenvalue weighted by atomic mass is 9.85. The highest BCUT2D eigenvalue weighted by molar-refractivity contribution is 7.86. The molecule has 13 nitrogen and oxygen atoms in total. The van der Waals surface area contributed by atoms with E-state index in [-0.39, 0.29) is 24.8 Å². The summed E-state index contributed by atoms with van der Waals surface area (Å²) in [4.78, 5) is 48.3. The molecular weight excluding hydrogens is 747 g/mol. The van der Waals surface area contributed by atoms with Crippen molar-refractivity contribution in [2.24, 2.45) is 0 Å². The summed E-state index contributed by atoms with van der Waals surface area (Å²) in [7, 11) is -4.61. The summed E-state index contributed by atoms with van der Waals surface area (Å²) >= 11 is 0. The minimum atomic E-state index is -4.61. The maximum atomic E-state index is 12.4. The van der Waals surface area contributed by atoms with Gasteiger partial charge in [-0.1, -0.05) is 19.4 Å². The Morgan fingerprint density at radius 3 is 2.33 bits per heavy atom. The number of hydrogen-bond acceptors (Lipinski definition) is 10. The van der Waals surface area contributed by atoms with Crippen molar-refractivity contribution in [1.29, 1.82) is 0 Å². The maximum absolute atomic E-state index is 12.4. The first kappa shape index (κ1) is 40.1. The Kier molecular flexibility index (Phi) is 10.6. The lowest BCUT2D eigenvalue weighted by Gasteiger charge is -2.43. The summed E-state index contributed by atoms with van der Waals surface area (Å²) in [5.74, 6) is -0.279. The second kappa shape index (κ2) is 15.0. The molecule has 0 N–H and O–H groups in total. The van der Waals surface area contributed by atoms with E-state index in [0.717, 1.165) is 45.9 Å². The third-order valence-corrected chi connectivity index (χ3v) is 12.1. The number of aromatic nitrogens is 2. The molecule has 57 heavy (non-hydrogen) atoms. The predicted octanol–water partition coefficient (Wildman–Crippen LogP) is 5.05. The largest absolute Gasteiger partial charge is 0.748 e. The quantitative estimate of drug-likeness (QED) is 0.0778. The van der Waals surface area contributed by atoms with Gasteiger partial charge in [0.2, 0.25) is 5.36 Å². The Bertz CT molecular complexity index is 2480. The van der Waals surface area contributed by atoms with Crippen LogP contribution >= 0.6 is 0 Å². The van der Waals surface area contributed by atoms with Gasteiger partial charge in [-0.05, 0) is 76.3 Å². The Labute approximate surface area is 333 Å². The van der Waals surface area contributed by atoms with Crippen LogP contribution in [0.5, 0.6) is 11.5 Å². The van der Waals surface area contributed by atoms with Gasteiger partial charge in [0.1, 0.15) is 23.9 Å². The van der Waals surface area contributed by atoms with Gasteiger partial charge >= 0.3 is 5.97 Å². The molecule has 4 aliphatic rings. The number of unbranched alkanes of at least 4 members (excludes halogenated alkanes) is 2. The van der Waals surface area contributed by atoms with Crippen LogP contribution in [0.4, 0.5) is 5.69 Å². The minimum Gasteiger partial charge on any atom is -0.748 e. The van der Waals surface area contributed by atoms with Crippen LogP contribution in [0.15, 0.2) is 48.8 Å². The molecule has 2 amide bonds. The van der Waals surface area contributed by atoms with Gasteiger partial charge in [-0.3, -0.25) is 9.59 Å². The predicted molar refractivity (Wildman–Crippen MR) is 215 cm³/mol. The first-order chi connectivity index (χ1) is 27.0. The number of aryl methyl sites for hydroxylation is 1. The highest BCUT2D eigenvalue weighted by atomic mass is 32.2. The van der Waals surface area contributed by atoms with Gasteiger partial charge in [0.25, 0.3) is 11.8 Å². The van der Waals surface area contributed by atoms with E-state index >= 15 is 0 Å². The SMILES string of the molecule is CCC1=CC(C)(C)[N+](CC)=c2cc3c(cc21)=C(c1nccn1CCCCCC(=O)ON1C(=O)CCC1=O)c1cc2c(cc1O3)N(CC)C(C)(C)C=C2CS(=O)(=O)[O-]. The lowest BCUT2D eigenvalue weighted by molar-refractivity contribution is -0.197. The number of imide groups is 1. The number of likely N-dealkylation sites (N-methyl/N-ethyl adjacent to an activating group) is 2. The van der Waals surface area contributed by atoms with Crippen molar-refractivity contribution in [3.8, 4) is 11.5 Å². The number of amides is 2. The van der Waals surface area contributed by atoms with Crippen molar-refractivity contribution >= 4 is 50.3 Å². The number of hydroxylamine groups is 2. The number of ether oxygens (including phenoxy) is 1. The molecule has 1 saturated heterocycles. The molecule has 302 valence electrons. The van der Waals surface area contributed by atoms with Gasteiger partial charge in [-0.15, -0.1) is 5.06 Å². The standard InChI is InChI=1S/C43H51N5O8S/c1-8-27-24-42(4,5)46(9-2)33-22-35-31(20-29(27)33)40(41-44-17-19-45(41)18-13-11-12-14-39(51)56-48-37(49)15-16-38(48)50)32-21-30-28(26-57(52,53)54)25-43(6,7)47(10-3)34(30)23-36(32)55-35/h17,19-25H,8-16,18,26H2,1-7H3. The highest BCUT2D eigenvalue weighted by Crippen LogP contribution is 2.46. The fourth-order valence-corrected chi connectivity index (χ4v) is 9.58. The van der Waals surface area contributed by atoms with E-state index in [2.05, 4.69) is 59.9 Å². The van der Waals surface area contributed by atoms with E-state index in [1.165, 1.54) is 5.57 Å². The van der Waals surface area contributed by atoms with E-state index in [9.17, 15) is 27.4 Å². The second-order valence-electron chi connectivity index (χ2n) is 16.2. The molecule has 0 atom stereocenters. The number of rotatable bonds is 13. The molecule has 0 aliphatic carbocycles. The van der Waals surface area contributed by atoms with E-state index in [0.29, 0.717) is 65.9 Å². The summed E-state index contributed by atoms with van der Waals surface area (Å²) in [6.45, 7) is 16.8. The van der Waals surface area contributed by atoms with Crippen LogP contribution in [0.1, 0.15) is 116 Å². The van der Waals surface area contributed by atoms with Gasteiger partial charge in [0.05, 0.1) is 27.5 Å².